The Morgan fingerprint density at radius 2 is 1.91 bits per heavy atom. The molecule has 4 nitrogen and oxygen atoms in total. The third-order valence-corrected chi connectivity index (χ3v) is 3.65. The fourth-order valence-corrected chi connectivity index (χ4v) is 2.41. The van der Waals surface area contributed by atoms with Crippen LogP contribution in [0, 0.1) is 0 Å². The van der Waals surface area contributed by atoms with Crippen LogP contribution in [0.2, 0.25) is 5.02 Å². The van der Waals surface area contributed by atoms with Gasteiger partial charge in [0.25, 0.3) is 0 Å². The van der Waals surface area contributed by atoms with Crippen molar-refractivity contribution < 1.29 is 14.4 Å². The van der Waals surface area contributed by atoms with Crippen molar-refractivity contribution in [2.75, 3.05) is 7.11 Å². The van der Waals surface area contributed by atoms with Crippen LogP contribution in [0.5, 0.6) is 5.75 Å². The van der Waals surface area contributed by atoms with Crippen LogP contribution in [0.25, 0.3) is 22.6 Å². The second-order valence-corrected chi connectivity index (χ2v) is 5.17. The largest absolute Gasteiger partial charge is 0.497 e. The Balaban J connectivity index is 2.08. The number of aliphatic hydroxyl groups is 1. The lowest BCUT2D eigenvalue weighted by molar-refractivity contribution is 0.281. The first-order valence-electron chi connectivity index (χ1n) is 6.72. The Hall–Kier alpha value is -2.30. The second kappa shape index (κ2) is 6.22. The molecule has 0 aliphatic rings. The average Bonchev–Trinajstić information content (AvgIpc) is 2.99. The Morgan fingerprint density at radius 1 is 1.14 bits per heavy atom. The maximum absolute atomic E-state index is 9.73. The molecule has 1 heterocycles. The van der Waals surface area contributed by atoms with E-state index in [0.717, 1.165) is 16.9 Å². The second-order valence-electron chi connectivity index (χ2n) is 4.74. The number of nitrogens with zero attached hydrogens (tertiary/aromatic N) is 1. The van der Waals surface area contributed by atoms with Gasteiger partial charge < -0.3 is 14.4 Å². The molecule has 2 aromatic carbocycles. The van der Waals surface area contributed by atoms with Crippen molar-refractivity contribution in [2.24, 2.45) is 0 Å². The van der Waals surface area contributed by atoms with Gasteiger partial charge in [-0.1, -0.05) is 28.9 Å². The number of aromatic nitrogens is 1. The van der Waals surface area contributed by atoms with Crippen molar-refractivity contribution in [1.29, 1.82) is 0 Å². The van der Waals surface area contributed by atoms with E-state index in [2.05, 4.69) is 5.16 Å². The highest BCUT2D eigenvalue weighted by atomic mass is 35.5. The molecule has 112 valence electrons. The van der Waals surface area contributed by atoms with Gasteiger partial charge in [0.1, 0.15) is 11.4 Å². The Bertz CT molecular complexity index is 781. The van der Waals surface area contributed by atoms with Crippen molar-refractivity contribution in [3.8, 4) is 28.3 Å². The van der Waals surface area contributed by atoms with Gasteiger partial charge in [-0.05, 0) is 36.4 Å². The Morgan fingerprint density at radius 3 is 2.59 bits per heavy atom. The van der Waals surface area contributed by atoms with Gasteiger partial charge in [0, 0.05) is 16.1 Å². The van der Waals surface area contributed by atoms with Gasteiger partial charge in [0.15, 0.2) is 5.76 Å². The zero-order chi connectivity index (χ0) is 15.5. The SMILES string of the molecule is COc1cccc(-c2noc(-c3ccc(Cl)cc3)c2CO)c1. The minimum Gasteiger partial charge on any atom is -0.497 e. The summed E-state index contributed by atoms with van der Waals surface area (Å²) in [6.45, 7) is -0.173. The number of aliphatic hydroxyl groups excluding tert-OH is 1. The van der Waals surface area contributed by atoms with E-state index in [0.29, 0.717) is 22.0 Å². The number of rotatable bonds is 4. The summed E-state index contributed by atoms with van der Waals surface area (Å²) in [5, 5.41) is 14.5. The van der Waals surface area contributed by atoms with Crippen LogP contribution < -0.4 is 4.74 Å². The zero-order valence-electron chi connectivity index (χ0n) is 11.9. The lowest BCUT2D eigenvalue weighted by Gasteiger charge is -2.04. The lowest BCUT2D eigenvalue weighted by atomic mass is 10.0. The fourth-order valence-electron chi connectivity index (χ4n) is 2.28. The summed E-state index contributed by atoms with van der Waals surface area (Å²) >= 11 is 5.90. The maximum atomic E-state index is 9.73. The van der Waals surface area contributed by atoms with Crippen molar-refractivity contribution in [3.05, 3.63) is 59.1 Å². The number of ether oxygens (including phenoxy) is 1. The molecule has 0 bridgehead atoms. The van der Waals surface area contributed by atoms with Gasteiger partial charge >= 0.3 is 0 Å². The first kappa shape index (κ1) is 14.6. The normalized spacial score (nSPS) is 10.7. The Labute approximate surface area is 132 Å². The molecule has 22 heavy (non-hydrogen) atoms. The van der Waals surface area contributed by atoms with Gasteiger partial charge in [-0.3, -0.25) is 0 Å². The highest BCUT2D eigenvalue weighted by Gasteiger charge is 2.18. The molecule has 3 rings (SSSR count). The molecule has 0 spiro atoms. The van der Waals surface area contributed by atoms with E-state index in [1.807, 2.05) is 36.4 Å². The van der Waals surface area contributed by atoms with Gasteiger partial charge in [-0.25, -0.2) is 0 Å². The van der Waals surface area contributed by atoms with E-state index in [4.69, 9.17) is 20.9 Å². The van der Waals surface area contributed by atoms with E-state index >= 15 is 0 Å². The van der Waals surface area contributed by atoms with Crippen LogP contribution in [0.1, 0.15) is 5.56 Å². The van der Waals surface area contributed by atoms with Crippen LogP contribution in [0.4, 0.5) is 0 Å². The number of methoxy groups -OCH3 is 1. The minimum atomic E-state index is -0.173. The van der Waals surface area contributed by atoms with Crippen LogP contribution >= 0.6 is 11.6 Å². The van der Waals surface area contributed by atoms with Gasteiger partial charge in [-0.15, -0.1) is 0 Å². The number of hydrogen-bond acceptors (Lipinski definition) is 4. The summed E-state index contributed by atoms with van der Waals surface area (Å²) in [6, 6.07) is 14.7. The van der Waals surface area contributed by atoms with Gasteiger partial charge in [0.05, 0.1) is 19.3 Å². The van der Waals surface area contributed by atoms with E-state index in [1.54, 1.807) is 19.2 Å². The molecule has 0 aliphatic carbocycles. The van der Waals surface area contributed by atoms with Crippen molar-refractivity contribution in [3.63, 3.8) is 0 Å². The first-order valence-corrected chi connectivity index (χ1v) is 7.10. The molecule has 0 saturated carbocycles. The Kier molecular flexibility index (Phi) is 4.13. The first-order chi connectivity index (χ1) is 10.7. The molecule has 0 unspecified atom stereocenters. The summed E-state index contributed by atoms with van der Waals surface area (Å²) in [4.78, 5) is 0. The summed E-state index contributed by atoms with van der Waals surface area (Å²) < 4.78 is 10.7. The lowest BCUT2D eigenvalue weighted by Crippen LogP contribution is -1.90. The molecular weight excluding hydrogens is 302 g/mol. The molecule has 5 heteroatoms. The van der Waals surface area contributed by atoms with Gasteiger partial charge in [-0.2, -0.15) is 0 Å². The quantitative estimate of drug-likeness (QED) is 0.785. The topological polar surface area (TPSA) is 55.5 Å². The zero-order valence-corrected chi connectivity index (χ0v) is 12.7. The van der Waals surface area contributed by atoms with Crippen molar-refractivity contribution in [2.45, 2.75) is 6.61 Å². The van der Waals surface area contributed by atoms with E-state index < -0.39 is 0 Å². The summed E-state index contributed by atoms with van der Waals surface area (Å²) in [5.41, 5.74) is 2.88. The predicted octanol–water partition coefficient (Wildman–Crippen LogP) is 4.16. The minimum absolute atomic E-state index is 0.173. The molecule has 0 amide bonds. The van der Waals surface area contributed by atoms with Gasteiger partial charge in [0.2, 0.25) is 0 Å². The molecule has 3 aromatic rings. The predicted molar refractivity (Wildman–Crippen MR) is 84.9 cm³/mol. The van der Waals surface area contributed by atoms with Crippen LogP contribution in [0.3, 0.4) is 0 Å². The third-order valence-electron chi connectivity index (χ3n) is 3.40. The molecule has 1 aromatic heterocycles. The summed E-state index contributed by atoms with van der Waals surface area (Å²) in [5.74, 6) is 1.26. The van der Waals surface area contributed by atoms with Crippen molar-refractivity contribution >= 4 is 11.6 Å². The average molecular weight is 316 g/mol. The maximum Gasteiger partial charge on any atom is 0.173 e. The molecule has 0 saturated heterocycles. The molecule has 0 aliphatic heterocycles. The molecule has 1 N–H and O–H groups in total. The molecule has 0 fully saturated rings. The standard InChI is InChI=1S/C17H14ClNO3/c1-21-14-4-2-3-12(9-14)16-15(10-20)17(22-19-16)11-5-7-13(18)8-6-11/h2-9,20H,10H2,1H3. The van der Waals surface area contributed by atoms with Crippen LogP contribution in [-0.2, 0) is 6.61 Å². The van der Waals surface area contributed by atoms with Crippen LogP contribution in [0.15, 0.2) is 53.1 Å². The van der Waals surface area contributed by atoms with E-state index in [-0.39, 0.29) is 6.61 Å². The fraction of sp³-hybridized carbons (Fsp3) is 0.118. The van der Waals surface area contributed by atoms with E-state index in [1.165, 1.54) is 0 Å². The van der Waals surface area contributed by atoms with Crippen LogP contribution in [-0.4, -0.2) is 17.4 Å². The third kappa shape index (κ3) is 2.71. The number of benzene rings is 2. The highest BCUT2D eigenvalue weighted by molar-refractivity contribution is 6.30. The number of hydrogen-bond donors (Lipinski definition) is 1. The monoisotopic (exact) mass is 315 g/mol. The highest BCUT2D eigenvalue weighted by Crippen LogP contribution is 2.33. The smallest absolute Gasteiger partial charge is 0.173 e. The molecular formula is C17H14ClNO3. The summed E-state index contributed by atoms with van der Waals surface area (Å²) in [7, 11) is 1.61. The van der Waals surface area contributed by atoms with E-state index in [9.17, 15) is 5.11 Å². The number of halogens is 1. The molecule has 0 radical (unpaired) electrons. The molecule has 0 atom stereocenters. The van der Waals surface area contributed by atoms with Crippen molar-refractivity contribution in [1.82, 2.24) is 5.16 Å². The summed E-state index contributed by atoms with van der Waals surface area (Å²) in [6.07, 6.45) is 0.